The fourth-order valence-electron chi connectivity index (χ4n) is 1.45. The molecule has 0 unspecified atom stereocenters. The van der Waals surface area contributed by atoms with E-state index in [1.807, 2.05) is 6.92 Å². The smallest absolute Gasteiger partial charge is 0.326 e. The summed E-state index contributed by atoms with van der Waals surface area (Å²) in [6.07, 6.45) is 1.04. The second-order valence-electron chi connectivity index (χ2n) is 3.92. The van der Waals surface area contributed by atoms with Gasteiger partial charge in [0.25, 0.3) is 0 Å². The van der Waals surface area contributed by atoms with E-state index in [1.54, 1.807) is 4.57 Å². The average molecular weight is 284 g/mol. The molecule has 1 heterocycles. The van der Waals surface area contributed by atoms with E-state index in [2.05, 4.69) is 20.8 Å². The van der Waals surface area contributed by atoms with Gasteiger partial charge in [-0.05, 0) is 6.92 Å². The molecule has 0 aromatic carbocycles. The third-order valence-electron chi connectivity index (χ3n) is 2.45. The minimum Gasteiger partial charge on any atom is -0.480 e. The van der Waals surface area contributed by atoms with E-state index in [1.165, 1.54) is 6.33 Å². The molecule has 0 fully saturated rings. The Morgan fingerprint density at radius 2 is 2.20 bits per heavy atom. The van der Waals surface area contributed by atoms with E-state index in [0.717, 1.165) is 0 Å². The van der Waals surface area contributed by atoms with Crippen molar-refractivity contribution in [3.05, 3.63) is 12.2 Å². The first-order valence-electron chi connectivity index (χ1n) is 5.86. The number of urea groups is 1. The van der Waals surface area contributed by atoms with Crippen molar-refractivity contribution in [3.63, 3.8) is 0 Å². The van der Waals surface area contributed by atoms with Crippen LogP contribution < -0.4 is 16.4 Å². The van der Waals surface area contributed by atoms with Gasteiger partial charge in [0.05, 0.1) is 13.0 Å². The third-order valence-corrected chi connectivity index (χ3v) is 2.45. The Morgan fingerprint density at radius 3 is 2.75 bits per heavy atom. The van der Waals surface area contributed by atoms with E-state index in [-0.39, 0.29) is 6.54 Å². The lowest BCUT2D eigenvalue weighted by Gasteiger charge is -2.13. The number of aromatic nitrogens is 3. The highest BCUT2D eigenvalue weighted by Gasteiger charge is 2.22. The minimum atomic E-state index is -1.36. The monoisotopic (exact) mass is 284 g/mol. The molecule has 1 rings (SSSR count). The minimum absolute atomic E-state index is 0.0859. The number of amides is 3. The summed E-state index contributed by atoms with van der Waals surface area (Å²) in [6, 6.07) is -2.10. The van der Waals surface area contributed by atoms with Crippen LogP contribution in [0, 0.1) is 0 Å². The average Bonchev–Trinajstić information content (AvgIpc) is 2.82. The van der Waals surface area contributed by atoms with Crippen LogP contribution in [0.4, 0.5) is 4.79 Å². The van der Waals surface area contributed by atoms with E-state index in [4.69, 9.17) is 10.8 Å². The van der Waals surface area contributed by atoms with Gasteiger partial charge in [0.2, 0.25) is 5.91 Å². The first kappa shape index (κ1) is 15.4. The summed E-state index contributed by atoms with van der Waals surface area (Å²) in [5.41, 5.74) is 4.90. The van der Waals surface area contributed by atoms with Gasteiger partial charge in [-0.1, -0.05) is 0 Å². The number of nitrogens with two attached hydrogens (primary N) is 1. The largest absolute Gasteiger partial charge is 0.480 e. The fraction of sp³-hybridized carbons (Fsp3) is 0.500. The predicted octanol–water partition coefficient (Wildman–Crippen LogP) is -1.57. The molecule has 1 aromatic rings. The Balaban J connectivity index is 2.50. The van der Waals surface area contributed by atoms with Crippen molar-refractivity contribution in [1.29, 1.82) is 0 Å². The fourth-order valence-corrected chi connectivity index (χ4v) is 1.45. The molecule has 1 aromatic heterocycles. The standard InChI is InChI=1S/C10H16N6O4/c1-2-16-5-13-15-8(16)4-12-10(20)14-6(9(18)19)3-7(11)17/h5-6H,2-4H2,1H3,(H2,11,17)(H,18,19)(H2,12,14,20)/t6-/m0/s1. The quantitative estimate of drug-likeness (QED) is 0.474. The number of primary amides is 1. The summed E-state index contributed by atoms with van der Waals surface area (Å²) in [5.74, 6) is -1.62. The summed E-state index contributed by atoms with van der Waals surface area (Å²) in [4.78, 5) is 33.1. The van der Waals surface area contributed by atoms with Crippen LogP contribution in [0.25, 0.3) is 0 Å². The molecule has 10 nitrogen and oxygen atoms in total. The van der Waals surface area contributed by atoms with Crippen molar-refractivity contribution in [3.8, 4) is 0 Å². The lowest BCUT2D eigenvalue weighted by Crippen LogP contribution is -2.47. The molecule has 20 heavy (non-hydrogen) atoms. The molecular formula is C10H16N6O4. The highest BCUT2D eigenvalue weighted by Crippen LogP contribution is 1.95. The first-order valence-corrected chi connectivity index (χ1v) is 5.86. The second kappa shape index (κ2) is 7.07. The van der Waals surface area contributed by atoms with Gasteiger partial charge in [-0.25, -0.2) is 9.59 Å². The number of nitrogens with one attached hydrogen (secondary N) is 2. The molecule has 0 saturated carbocycles. The molecule has 0 radical (unpaired) electrons. The van der Waals surface area contributed by atoms with E-state index in [0.29, 0.717) is 12.4 Å². The molecule has 0 aliphatic carbocycles. The Bertz CT molecular complexity index is 500. The van der Waals surface area contributed by atoms with Crippen LogP contribution in [0.2, 0.25) is 0 Å². The van der Waals surface area contributed by atoms with Crippen molar-refractivity contribution < 1.29 is 19.5 Å². The van der Waals surface area contributed by atoms with Gasteiger partial charge < -0.3 is 26.0 Å². The molecule has 0 saturated heterocycles. The zero-order valence-electron chi connectivity index (χ0n) is 10.9. The number of aliphatic carboxylic acids is 1. The van der Waals surface area contributed by atoms with Crippen molar-refractivity contribution >= 4 is 17.9 Å². The number of hydrogen-bond acceptors (Lipinski definition) is 5. The van der Waals surface area contributed by atoms with Gasteiger partial charge in [-0.2, -0.15) is 0 Å². The zero-order chi connectivity index (χ0) is 15.1. The Labute approximate surface area is 114 Å². The lowest BCUT2D eigenvalue weighted by atomic mass is 10.2. The lowest BCUT2D eigenvalue weighted by molar-refractivity contribution is -0.140. The van der Waals surface area contributed by atoms with Gasteiger partial charge in [0.15, 0.2) is 5.82 Å². The van der Waals surface area contributed by atoms with Crippen LogP contribution in [-0.4, -0.2) is 43.8 Å². The van der Waals surface area contributed by atoms with E-state index < -0.39 is 30.4 Å². The number of hydrogen-bond donors (Lipinski definition) is 4. The van der Waals surface area contributed by atoms with Gasteiger partial charge in [0.1, 0.15) is 12.4 Å². The predicted molar refractivity (Wildman–Crippen MR) is 66.3 cm³/mol. The summed E-state index contributed by atoms with van der Waals surface area (Å²) in [5, 5.41) is 20.9. The molecule has 0 aliphatic rings. The van der Waals surface area contributed by atoms with E-state index in [9.17, 15) is 14.4 Å². The number of carbonyl (C=O) groups is 3. The van der Waals surface area contributed by atoms with Gasteiger partial charge >= 0.3 is 12.0 Å². The van der Waals surface area contributed by atoms with Gasteiger partial charge in [-0.15, -0.1) is 10.2 Å². The van der Waals surface area contributed by atoms with Crippen LogP contribution in [0.3, 0.4) is 0 Å². The number of nitrogens with zero attached hydrogens (tertiary/aromatic N) is 3. The number of aryl methyl sites for hydroxylation is 1. The molecule has 10 heteroatoms. The molecule has 1 atom stereocenters. The zero-order valence-corrected chi connectivity index (χ0v) is 10.9. The summed E-state index contributed by atoms with van der Waals surface area (Å²) in [7, 11) is 0. The highest BCUT2D eigenvalue weighted by molar-refractivity contribution is 5.87. The topological polar surface area (TPSA) is 152 Å². The number of rotatable bonds is 7. The van der Waals surface area contributed by atoms with Gasteiger partial charge in [0, 0.05) is 6.54 Å². The van der Waals surface area contributed by atoms with Crippen LogP contribution in [0.1, 0.15) is 19.2 Å². The SMILES string of the molecule is CCn1cnnc1CNC(=O)N[C@@H](CC(N)=O)C(=O)O. The van der Waals surface area contributed by atoms with Crippen LogP contribution in [0.5, 0.6) is 0 Å². The number of carboxylic acids is 1. The second-order valence-corrected chi connectivity index (χ2v) is 3.92. The van der Waals surface area contributed by atoms with Crippen LogP contribution >= 0.6 is 0 Å². The highest BCUT2D eigenvalue weighted by atomic mass is 16.4. The molecule has 5 N–H and O–H groups in total. The molecular weight excluding hydrogens is 268 g/mol. The Hall–Kier alpha value is -2.65. The van der Waals surface area contributed by atoms with Gasteiger partial charge in [-0.3, -0.25) is 4.79 Å². The Kier molecular flexibility index (Phi) is 5.44. The summed E-state index contributed by atoms with van der Waals surface area (Å²) < 4.78 is 1.72. The van der Waals surface area contributed by atoms with Crippen molar-refractivity contribution in [2.45, 2.75) is 32.5 Å². The van der Waals surface area contributed by atoms with Crippen molar-refractivity contribution in [2.75, 3.05) is 0 Å². The number of carboxylic acid groups (broad SMARTS) is 1. The maximum Gasteiger partial charge on any atom is 0.326 e. The van der Waals surface area contributed by atoms with Crippen molar-refractivity contribution in [2.24, 2.45) is 5.73 Å². The molecule has 0 spiro atoms. The van der Waals surface area contributed by atoms with Crippen LogP contribution in [-0.2, 0) is 22.7 Å². The molecule has 0 aliphatic heterocycles. The number of carbonyl (C=O) groups excluding carboxylic acids is 2. The third kappa shape index (κ3) is 4.55. The van der Waals surface area contributed by atoms with Crippen LogP contribution in [0.15, 0.2) is 6.33 Å². The molecule has 110 valence electrons. The maximum atomic E-state index is 11.5. The van der Waals surface area contributed by atoms with E-state index >= 15 is 0 Å². The normalized spacial score (nSPS) is 11.7. The summed E-state index contributed by atoms with van der Waals surface area (Å²) >= 11 is 0. The molecule has 3 amide bonds. The maximum absolute atomic E-state index is 11.5. The first-order chi connectivity index (χ1) is 9.43. The Morgan fingerprint density at radius 1 is 1.50 bits per heavy atom. The molecule has 0 bridgehead atoms. The van der Waals surface area contributed by atoms with Crippen molar-refractivity contribution in [1.82, 2.24) is 25.4 Å². The summed E-state index contributed by atoms with van der Waals surface area (Å²) in [6.45, 7) is 2.62.